The average molecular weight is 1030 g/mol. The fraction of sp³-hybridized carbons (Fsp3) is 0.620. The number of hydrogen-bond acceptors (Lipinski definition) is 3. The van der Waals surface area contributed by atoms with Gasteiger partial charge in [0.2, 0.25) is 5.91 Å². The van der Waals surface area contributed by atoms with Gasteiger partial charge >= 0.3 is 0 Å². The summed E-state index contributed by atoms with van der Waals surface area (Å²) < 4.78 is 0. The van der Waals surface area contributed by atoms with Crippen LogP contribution in [0.25, 0.3) is 0 Å². The Bertz CT molecular complexity index is 1590. The Balaban J connectivity index is 3.70. The van der Waals surface area contributed by atoms with E-state index in [1.807, 2.05) is 6.08 Å². The van der Waals surface area contributed by atoms with Gasteiger partial charge in [-0.15, -0.1) is 0 Å². The maximum atomic E-state index is 12.5. The molecule has 0 rings (SSSR count). The lowest BCUT2D eigenvalue weighted by Crippen LogP contribution is -2.45. The first kappa shape index (κ1) is 71.0. The molecule has 0 radical (unpaired) electrons. The van der Waals surface area contributed by atoms with Crippen LogP contribution in [0.4, 0.5) is 0 Å². The van der Waals surface area contributed by atoms with Gasteiger partial charge in [0.25, 0.3) is 0 Å². The molecular formula is C71H117NO3. The van der Waals surface area contributed by atoms with Gasteiger partial charge in [-0.05, 0) is 109 Å². The topological polar surface area (TPSA) is 69.6 Å². The van der Waals surface area contributed by atoms with Gasteiger partial charge in [-0.2, -0.15) is 0 Å². The molecule has 75 heavy (non-hydrogen) atoms. The molecule has 0 aromatic rings. The monoisotopic (exact) mass is 1030 g/mol. The SMILES string of the molecule is CC/C=C\C/C=C\C/C=C\C/C=C\C/C=C\C/C=C\C/C=C\C/C=C\C/C=C\C/C=C\C/C=C\C/C=C\CCCCC(=O)NC(CO)C(O)/C=C/CCCCCCCCCCCCCCCCCCCCCCCC. The van der Waals surface area contributed by atoms with Crippen LogP contribution in [-0.4, -0.2) is 34.9 Å². The summed E-state index contributed by atoms with van der Waals surface area (Å²) in [5.74, 6) is -0.110. The molecule has 4 nitrogen and oxygen atoms in total. The highest BCUT2D eigenvalue weighted by atomic mass is 16.3. The number of rotatable bonds is 55. The standard InChI is InChI=1S/C71H117NO3/c1-3-5-7-9-11-13-15-17-19-21-23-25-27-29-30-31-32-33-34-35-36-37-38-39-40-41-42-43-45-47-49-51-53-55-57-59-61-63-65-67-71(75)72-69(68-73)70(74)66-64-62-60-58-56-54-52-50-48-46-44-28-26-24-22-20-18-16-14-12-10-8-6-4-2/h5,7,11,13,17,19,23,25,29-30,32-33,35-36,38-39,41-42,45,47,51,53,57,59,64,66,69-70,73-74H,3-4,6,8-10,12,14-16,18,20-22,24,26-28,31,34,37,40,43-44,46,48-50,52,54-56,58,60-63,65,67-68H2,1-2H3,(H,72,75)/b7-5-,13-11-,19-17-,25-23-,30-29-,33-32-,36-35-,39-38-,42-41-,47-45-,53-51-,59-57-,66-64+. The lowest BCUT2D eigenvalue weighted by molar-refractivity contribution is -0.123. The van der Waals surface area contributed by atoms with Crippen molar-refractivity contribution in [1.29, 1.82) is 0 Å². The number of carbonyl (C=O) groups excluding carboxylic acids is 1. The van der Waals surface area contributed by atoms with E-state index < -0.39 is 12.1 Å². The summed E-state index contributed by atoms with van der Waals surface area (Å²) in [6, 6.07) is -0.659. The van der Waals surface area contributed by atoms with E-state index in [0.717, 1.165) is 109 Å². The first-order chi connectivity index (χ1) is 37.2. The van der Waals surface area contributed by atoms with Crippen molar-refractivity contribution in [2.75, 3.05) is 6.61 Å². The molecule has 0 spiro atoms. The van der Waals surface area contributed by atoms with Crippen molar-refractivity contribution in [3.8, 4) is 0 Å². The zero-order valence-electron chi connectivity index (χ0n) is 48.8. The van der Waals surface area contributed by atoms with Crippen molar-refractivity contribution in [2.24, 2.45) is 0 Å². The second-order valence-electron chi connectivity index (χ2n) is 20.4. The van der Waals surface area contributed by atoms with Crippen LogP contribution in [0.5, 0.6) is 0 Å². The molecule has 0 saturated heterocycles. The Morgan fingerprint density at radius 1 is 0.333 bits per heavy atom. The molecule has 424 valence electrons. The summed E-state index contributed by atoms with van der Waals surface area (Å²) >= 11 is 0. The van der Waals surface area contributed by atoms with Crippen LogP contribution >= 0.6 is 0 Å². The molecule has 1 amide bonds. The number of unbranched alkanes of at least 4 members (excludes halogenated alkanes) is 24. The van der Waals surface area contributed by atoms with Gasteiger partial charge in [0, 0.05) is 6.42 Å². The predicted molar refractivity (Wildman–Crippen MR) is 335 cm³/mol. The van der Waals surface area contributed by atoms with Gasteiger partial charge in [-0.25, -0.2) is 0 Å². The predicted octanol–water partition coefficient (Wildman–Crippen LogP) is 21.3. The second-order valence-corrected chi connectivity index (χ2v) is 20.4. The lowest BCUT2D eigenvalue weighted by atomic mass is 10.0. The first-order valence-electron chi connectivity index (χ1n) is 31.2. The molecule has 0 fully saturated rings. The molecule has 0 saturated carbocycles. The molecular weight excluding hydrogens is 915 g/mol. The van der Waals surface area contributed by atoms with E-state index in [0.29, 0.717) is 6.42 Å². The summed E-state index contributed by atoms with van der Waals surface area (Å²) in [6.45, 7) is 4.18. The van der Waals surface area contributed by atoms with Gasteiger partial charge in [0.15, 0.2) is 0 Å². The zero-order chi connectivity index (χ0) is 54.1. The maximum absolute atomic E-state index is 12.5. The van der Waals surface area contributed by atoms with Gasteiger partial charge in [-0.3, -0.25) is 4.79 Å². The van der Waals surface area contributed by atoms with Crippen molar-refractivity contribution < 1.29 is 15.0 Å². The molecule has 3 N–H and O–H groups in total. The highest BCUT2D eigenvalue weighted by Crippen LogP contribution is 2.16. The van der Waals surface area contributed by atoms with Crippen molar-refractivity contribution in [3.63, 3.8) is 0 Å². The molecule has 0 aromatic heterocycles. The lowest BCUT2D eigenvalue weighted by Gasteiger charge is -2.19. The van der Waals surface area contributed by atoms with Gasteiger partial charge in [-0.1, -0.05) is 307 Å². The summed E-state index contributed by atoms with van der Waals surface area (Å²) in [5.41, 5.74) is 0. The molecule has 2 unspecified atom stereocenters. The fourth-order valence-electron chi connectivity index (χ4n) is 8.57. The van der Waals surface area contributed by atoms with Crippen molar-refractivity contribution in [2.45, 2.75) is 276 Å². The fourth-order valence-corrected chi connectivity index (χ4v) is 8.57. The van der Waals surface area contributed by atoms with Crippen LogP contribution in [0.1, 0.15) is 264 Å². The van der Waals surface area contributed by atoms with Crippen LogP contribution < -0.4 is 5.32 Å². The van der Waals surface area contributed by atoms with E-state index in [2.05, 4.69) is 165 Å². The van der Waals surface area contributed by atoms with Crippen LogP contribution in [-0.2, 0) is 4.79 Å². The molecule has 2 atom stereocenters. The van der Waals surface area contributed by atoms with Crippen molar-refractivity contribution >= 4 is 5.91 Å². The molecule has 0 heterocycles. The minimum absolute atomic E-state index is 0.110. The molecule has 0 aliphatic carbocycles. The number of allylic oxidation sites excluding steroid dienone is 25. The first-order valence-corrected chi connectivity index (χ1v) is 31.2. The van der Waals surface area contributed by atoms with E-state index in [-0.39, 0.29) is 12.5 Å². The summed E-state index contributed by atoms with van der Waals surface area (Å²) in [6.07, 6.45) is 103. The third kappa shape index (κ3) is 60.7. The summed E-state index contributed by atoms with van der Waals surface area (Å²) in [4.78, 5) is 12.5. The molecule has 4 heteroatoms. The van der Waals surface area contributed by atoms with E-state index >= 15 is 0 Å². The van der Waals surface area contributed by atoms with E-state index in [4.69, 9.17) is 0 Å². The van der Waals surface area contributed by atoms with Gasteiger partial charge < -0.3 is 15.5 Å². The normalized spacial score (nSPS) is 13.9. The number of hydrogen-bond donors (Lipinski definition) is 3. The van der Waals surface area contributed by atoms with Crippen LogP contribution in [0.2, 0.25) is 0 Å². The maximum Gasteiger partial charge on any atom is 0.220 e. The molecule has 0 bridgehead atoms. The average Bonchev–Trinajstić information content (AvgIpc) is 3.41. The third-order valence-electron chi connectivity index (χ3n) is 13.3. The minimum Gasteiger partial charge on any atom is -0.394 e. The Kier molecular flexibility index (Phi) is 60.9. The Labute approximate surface area is 465 Å². The quantitative estimate of drug-likeness (QED) is 0.0420. The summed E-state index contributed by atoms with van der Waals surface area (Å²) in [5, 5.41) is 23.2. The summed E-state index contributed by atoms with van der Waals surface area (Å²) in [7, 11) is 0. The molecule has 0 aliphatic heterocycles. The van der Waals surface area contributed by atoms with Gasteiger partial charge in [0.05, 0.1) is 18.8 Å². The Hall–Kier alpha value is -3.99. The number of aliphatic hydroxyl groups is 2. The van der Waals surface area contributed by atoms with Crippen LogP contribution in [0, 0.1) is 0 Å². The number of nitrogens with one attached hydrogen (secondary N) is 1. The third-order valence-corrected chi connectivity index (χ3v) is 13.3. The number of carbonyl (C=O) groups is 1. The highest BCUT2D eigenvalue weighted by molar-refractivity contribution is 5.76. The smallest absolute Gasteiger partial charge is 0.220 e. The Morgan fingerprint density at radius 2 is 0.587 bits per heavy atom. The second kappa shape index (κ2) is 64.3. The van der Waals surface area contributed by atoms with Crippen molar-refractivity contribution in [3.05, 3.63) is 158 Å². The molecule has 0 aromatic carbocycles. The van der Waals surface area contributed by atoms with Crippen molar-refractivity contribution in [1.82, 2.24) is 5.32 Å². The van der Waals surface area contributed by atoms with E-state index in [9.17, 15) is 15.0 Å². The zero-order valence-corrected chi connectivity index (χ0v) is 48.8. The van der Waals surface area contributed by atoms with Crippen LogP contribution in [0.15, 0.2) is 158 Å². The number of aliphatic hydroxyl groups excluding tert-OH is 2. The minimum atomic E-state index is -0.871. The Morgan fingerprint density at radius 3 is 0.880 bits per heavy atom. The van der Waals surface area contributed by atoms with Crippen LogP contribution in [0.3, 0.4) is 0 Å². The van der Waals surface area contributed by atoms with E-state index in [1.54, 1.807) is 6.08 Å². The highest BCUT2D eigenvalue weighted by Gasteiger charge is 2.18. The van der Waals surface area contributed by atoms with E-state index in [1.165, 1.54) is 135 Å². The largest absolute Gasteiger partial charge is 0.394 e. The molecule has 0 aliphatic rings. The van der Waals surface area contributed by atoms with Gasteiger partial charge in [0.1, 0.15) is 0 Å². The number of amides is 1.